The van der Waals surface area contributed by atoms with Gasteiger partial charge in [-0.25, -0.2) is 0 Å². The van der Waals surface area contributed by atoms with Crippen LogP contribution in [-0.4, -0.2) is 24.4 Å². The zero-order chi connectivity index (χ0) is 9.23. The molecular weight excluding hydrogens is 176 g/mol. The van der Waals surface area contributed by atoms with Gasteiger partial charge < -0.3 is 5.43 Å². The first-order valence-corrected chi connectivity index (χ1v) is 4.69. The number of unbranched alkanes of at least 4 members (excludes halogenated alkanes) is 2. The highest BCUT2D eigenvalue weighted by Gasteiger charge is 1.92. The summed E-state index contributed by atoms with van der Waals surface area (Å²) >= 11 is 5.41. The van der Waals surface area contributed by atoms with E-state index >= 15 is 0 Å². The predicted molar refractivity (Wildman–Crippen MR) is 51.7 cm³/mol. The lowest BCUT2D eigenvalue weighted by Gasteiger charge is -1.99. The van der Waals surface area contributed by atoms with Crippen LogP contribution in [0.4, 0.5) is 0 Å². The Morgan fingerprint density at radius 2 is 2.33 bits per heavy atom. The number of aldehydes is 1. The number of hydrogen-bond donors (Lipinski definition) is 1. The van der Waals surface area contributed by atoms with Crippen LogP contribution in [0.15, 0.2) is 5.10 Å². The highest BCUT2D eigenvalue weighted by molar-refractivity contribution is 6.42. The van der Waals surface area contributed by atoms with Crippen molar-refractivity contribution in [3.63, 3.8) is 0 Å². The molecule has 0 saturated heterocycles. The number of rotatable bonds is 7. The SMILES string of the molecule is CCCCCNN=C(C=O)CCl. The molecule has 0 aliphatic heterocycles. The Labute approximate surface area is 78.2 Å². The second-order valence-electron chi connectivity index (χ2n) is 2.47. The van der Waals surface area contributed by atoms with Crippen molar-refractivity contribution < 1.29 is 4.79 Å². The highest BCUT2D eigenvalue weighted by atomic mass is 35.5. The lowest BCUT2D eigenvalue weighted by atomic mass is 10.2. The van der Waals surface area contributed by atoms with Gasteiger partial charge in [0.25, 0.3) is 0 Å². The van der Waals surface area contributed by atoms with Crippen LogP contribution in [-0.2, 0) is 4.79 Å². The summed E-state index contributed by atoms with van der Waals surface area (Å²) in [5.41, 5.74) is 3.15. The summed E-state index contributed by atoms with van der Waals surface area (Å²) in [7, 11) is 0. The van der Waals surface area contributed by atoms with Crippen molar-refractivity contribution in [3.8, 4) is 0 Å². The topological polar surface area (TPSA) is 41.5 Å². The number of carbonyl (C=O) groups is 1. The first-order chi connectivity index (χ1) is 5.85. The van der Waals surface area contributed by atoms with Crippen LogP contribution in [0, 0.1) is 0 Å². The van der Waals surface area contributed by atoms with Gasteiger partial charge in [0, 0.05) is 6.54 Å². The van der Waals surface area contributed by atoms with Crippen LogP contribution < -0.4 is 5.43 Å². The Morgan fingerprint density at radius 1 is 1.58 bits per heavy atom. The van der Waals surface area contributed by atoms with Crippen molar-refractivity contribution in [2.24, 2.45) is 5.10 Å². The molecule has 3 nitrogen and oxygen atoms in total. The van der Waals surface area contributed by atoms with E-state index in [0.717, 1.165) is 13.0 Å². The second kappa shape index (κ2) is 8.53. The smallest absolute Gasteiger partial charge is 0.167 e. The van der Waals surface area contributed by atoms with Gasteiger partial charge in [0.2, 0.25) is 0 Å². The molecule has 0 aliphatic carbocycles. The van der Waals surface area contributed by atoms with Gasteiger partial charge in [-0.1, -0.05) is 19.8 Å². The van der Waals surface area contributed by atoms with Crippen LogP contribution in [0.3, 0.4) is 0 Å². The van der Waals surface area contributed by atoms with Gasteiger partial charge in [0.1, 0.15) is 5.71 Å². The quantitative estimate of drug-likeness (QED) is 0.218. The minimum Gasteiger partial charge on any atom is -0.310 e. The number of alkyl halides is 1. The molecule has 0 bridgehead atoms. The number of carbonyl (C=O) groups excluding carboxylic acids is 1. The van der Waals surface area contributed by atoms with Crippen LogP contribution in [0.5, 0.6) is 0 Å². The molecule has 0 radical (unpaired) electrons. The molecule has 0 heterocycles. The number of halogens is 1. The third-order valence-corrected chi connectivity index (χ3v) is 1.66. The summed E-state index contributed by atoms with van der Waals surface area (Å²) in [5, 5.41) is 3.80. The van der Waals surface area contributed by atoms with Gasteiger partial charge in [-0.05, 0) is 6.42 Å². The summed E-state index contributed by atoms with van der Waals surface area (Å²) in [6.45, 7) is 2.95. The number of hydrazone groups is 1. The summed E-state index contributed by atoms with van der Waals surface area (Å²) in [6.07, 6.45) is 4.11. The van der Waals surface area contributed by atoms with Crippen LogP contribution >= 0.6 is 11.6 Å². The lowest BCUT2D eigenvalue weighted by molar-refractivity contribution is -0.102. The predicted octanol–water partition coefficient (Wildman–Crippen LogP) is 1.56. The number of nitrogens with zero attached hydrogens (tertiary/aromatic N) is 1. The van der Waals surface area contributed by atoms with Crippen LogP contribution in [0.25, 0.3) is 0 Å². The van der Waals surface area contributed by atoms with E-state index in [4.69, 9.17) is 11.6 Å². The highest BCUT2D eigenvalue weighted by Crippen LogP contribution is 1.90. The zero-order valence-corrected chi connectivity index (χ0v) is 8.10. The van der Waals surface area contributed by atoms with Gasteiger partial charge in [-0.15, -0.1) is 11.6 Å². The molecule has 0 aromatic carbocycles. The molecule has 0 aromatic heterocycles. The summed E-state index contributed by atoms with van der Waals surface area (Å²) in [6, 6.07) is 0. The van der Waals surface area contributed by atoms with Crippen LogP contribution in [0.1, 0.15) is 26.2 Å². The molecule has 12 heavy (non-hydrogen) atoms. The largest absolute Gasteiger partial charge is 0.310 e. The lowest BCUT2D eigenvalue weighted by Crippen LogP contribution is -2.13. The molecule has 4 heteroatoms. The van der Waals surface area contributed by atoms with E-state index in [1.54, 1.807) is 0 Å². The maximum Gasteiger partial charge on any atom is 0.167 e. The van der Waals surface area contributed by atoms with E-state index in [0.29, 0.717) is 12.0 Å². The summed E-state index contributed by atoms with van der Waals surface area (Å²) in [4.78, 5) is 10.2. The molecule has 0 spiro atoms. The number of hydrogen-bond acceptors (Lipinski definition) is 3. The van der Waals surface area contributed by atoms with E-state index in [1.807, 2.05) is 0 Å². The average molecular weight is 191 g/mol. The van der Waals surface area contributed by atoms with Crippen molar-refractivity contribution in [3.05, 3.63) is 0 Å². The first kappa shape index (κ1) is 11.4. The minimum absolute atomic E-state index is 0.171. The summed E-state index contributed by atoms with van der Waals surface area (Å²) < 4.78 is 0. The van der Waals surface area contributed by atoms with E-state index in [2.05, 4.69) is 17.5 Å². The third-order valence-electron chi connectivity index (χ3n) is 1.39. The Morgan fingerprint density at radius 3 is 2.83 bits per heavy atom. The molecule has 0 unspecified atom stereocenters. The monoisotopic (exact) mass is 190 g/mol. The fraction of sp³-hybridized carbons (Fsp3) is 0.750. The molecule has 0 saturated carbocycles. The molecule has 70 valence electrons. The van der Waals surface area contributed by atoms with E-state index in [9.17, 15) is 4.79 Å². The maximum absolute atomic E-state index is 10.2. The van der Waals surface area contributed by atoms with Gasteiger partial charge in [0.05, 0.1) is 5.88 Å². The molecule has 0 fully saturated rings. The molecule has 0 aromatic rings. The van der Waals surface area contributed by atoms with Gasteiger partial charge in [-0.2, -0.15) is 5.10 Å². The fourth-order valence-corrected chi connectivity index (χ4v) is 0.822. The van der Waals surface area contributed by atoms with Crippen LogP contribution in [0.2, 0.25) is 0 Å². The van der Waals surface area contributed by atoms with Gasteiger partial charge in [-0.3, -0.25) is 4.79 Å². The third kappa shape index (κ3) is 6.16. The van der Waals surface area contributed by atoms with Crippen molar-refractivity contribution in [1.29, 1.82) is 0 Å². The Kier molecular flexibility index (Phi) is 8.12. The standard InChI is InChI=1S/C8H15ClN2O/c1-2-3-4-5-10-11-8(6-9)7-12/h7,10H,2-6H2,1H3. The fourth-order valence-electron chi connectivity index (χ4n) is 0.699. The zero-order valence-electron chi connectivity index (χ0n) is 7.35. The minimum atomic E-state index is 0.171. The Bertz CT molecular complexity index is 148. The van der Waals surface area contributed by atoms with Crippen molar-refractivity contribution in [2.45, 2.75) is 26.2 Å². The molecule has 0 atom stereocenters. The maximum atomic E-state index is 10.2. The molecule has 0 aliphatic rings. The Hall–Kier alpha value is -0.570. The molecule has 0 amide bonds. The molecular formula is C8H15ClN2O. The van der Waals surface area contributed by atoms with E-state index < -0.39 is 0 Å². The second-order valence-corrected chi connectivity index (χ2v) is 2.74. The normalized spacial score (nSPS) is 11.3. The average Bonchev–Trinajstić information content (AvgIpc) is 2.11. The Balaban J connectivity index is 3.37. The van der Waals surface area contributed by atoms with Crippen molar-refractivity contribution in [1.82, 2.24) is 5.43 Å². The number of nitrogens with one attached hydrogen (secondary N) is 1. The first-order valence-electron chi connectivity index (χ1n) is 4.15. The van der Waals surface area contributed by atoms with E-state index in [1.165, 1.54) is 12.8 Å². The molecule has 1 N–H and O–H groups in total. The van der Waals surface area contributed by atoms with Gasteiger partial charge in [0.15, 0.2) is 6.29 Å². The van der Waals surface area contributed by atoms with Gasteiger partial charge >= 0.3 is 0 Å². The van der Waals surface area contributed by atoms with E-state index in [-0.39, 0.29) is 5.88 Å². The van der Waals surface area contributed by atoms with Crippen molar-refractivity contribution in [2.75, 3.05) is 12.4 Å². The summed E-state index contributed by atoms with van der Waals surface area (Å²) in [5.74, 6) is 0.171. The van der Waals surface area contributed by atoms with Crippen molar-refractivity contribution >= 4 is 23.6 Å². The molecule has 0 rings (SSSR count).